The van der Waals surface area contributed by atoms with Crippen LogP contribution in [0.25, 0.3) is 0 Å². The van der Waals surface area contributed by atoms with Gasteiger partial charge in [0.15, 0.2) is 5.11 Å². The molecule has 0 aromatic carbocycles. The van der Waals surface area contributed by atoms with Crippen LogP contribution in [-0.2, 0) is 0 Å². The number of hydrogen-bond donors (Lipinski definition) is 2. The van der Waals surface area contributed by atoms with Crippen molar-refractivity contribution in [3.05, 3.63) is 6.07 Å². The summed E-state index contributed by atoms with van der Waals surface area (Å²) < 4.78 is 0. The number of nitrogens with zero attached hydrogens (tertiary/aromatic N) is 4. The van der Waals surface area contributed by atoms with Crippen LogP contribution in [0.3, 0.4) is 0 Å². The van der Waals surface area contributed by atoms with Crippen LogP contribution in [0.5, 0.6) is 0 Å². The maximum absolute atomic E-state index is 5.50. The van der Waals surface area contributed by atoms with Gasteiger partial charge in [0.1, 0.15) is 11.6 Å². The number of anilines is 3. The van der Waals surface area contributed by atoms with Gasteiger partial charge in [0.25, 0.3) is 0 Å². The van der Waals surface area contributed by atoms with E-state index >= 15 is 0 Å². The van der Waals surface area contributed by atoms with E-state index in [1.807, 2.05) is 0 Å². The van der Waals surface area contributed by atoms with Crippen molar-refractivity contribution in [3.63, 3.8) is 0 Å². The second kappa shape index (κ2) is 7.72. The summed E-state index contributed by atoms with van der Waals surface area (Å²) in [6.07, 6.45) is 9.97. The van der Waals surface area contributed by atoms with Gasteiger partial charge in [0.2, 0.25) is 5.95 Å². The number of nitrogens with one attached hydrogen (secondary N) is 2. The van der Waals surface area contributed by atoms with Crippen LogP contribution in [0.1, 0.15) is 51.4 Å². The Hall–Kier alpha value is -1.63. The molecule has 1 aromatic heterocycles. The van der Waals surface area contributed by atoms with Gasteiger partial charge in [-0.05, 0) is 50.7 Å². The number of hydrogen-bond acceptors (Lipinski definition) is 5. The summed E-state index contributed by atoms with van der Waals surface area (Å²) in [5, 5.41) is 7.31. The van der Waals surface area contributed by atoms with E-state index in [9.17, 15) is 0 Å². The van der Waals surface area contributed by atoms with E-state index in [1.165, 1.54) is 51.4 Å². The van der Waals surface area contributed by atoms with Crippen molar-refractivity contribution < 1.29 is 0 Å². The first kappa shape index (κ1) is 16.8. The van der Waals surface area contributed by atoms with Crippen molar-refractivity contribution in [1.29, 1.82) is 0 Å². The molecule has 0 unspecified atom stereocenters. The Morgan fingerprint density at radius 2 is 1.40 bits per heavy atom. The zero-order valence-electron chi connectivity index (χ0n) is 14.8. The molecule has 1 aromatic rings. The predicted molar refractivity (Wildman–Crippen MR) is 107 cm³/mol. The van der Waals surface area contributed by atoms with Crippen molar-refractivity contribution in [2.24, 2.45) is 0 Å². The third-order valence-corrected chi connectivity index (χ3v) is 5.69. The lowest BCUT2D eigenvalue weighted by Gasteiger charge is -2.23. The van der Waals surface area contributed by atoms with Gasteiger partial charge in [-0.25, -0.2) is 0 Å². The fraction of sp³-hybridized carbons (Fsp3) is 0.722. The predicted octanol–water partition coefficient (Wildman–Crippen LogP) is 2.91. The molecule has 4 rings (SSSR count). The molecule has 3 aliphatic rings. The Labute approximate surface area is 155 Å². The molecule has 0 spiro atoms. The zero-order valence-corrected chi connectivity index (χ0v) is 15.7. The van der Waals surface area contributed by atoms with Crippen molar-refractivity contribution in [1.82, 2.24) is 15.3 Å². The molecule has 136 valence electrons. The van der Waals surface area contributed by atoms with E-state index in [0.29, 0.717) is 17.1 Å². The smallest absolute Gasteiger partial charge is 0.232 e. The molecule has 0 bridgehead atoms. The lowest BCUT2D eigenvalue weighted by molar-refractivity contribution is 0.634. The summed E-state index contributed by atoms with van der Waals surface area (Å²) >= 11 is 5.50. The van der Waals surface area contributed by atoms with Gasteiger partial charge < -0.3 is 20.4 Å². The Bertz CT molecular complexity index is 569. The quantitative estimate of drug-likeness (QED) is 0.801. The van der Waals surface area contributed by atoms with Crippen LogP contribution in [0.2, 0.25) is 0 Å². The van der Waals surface area contributed by atoms with Crippen LogP contribution >= 0.6 is 12.2 Å². The van der Waals surface area contributed by atoms with Gasteiger partial charge >= 0.3 is 0 Å². The number of aromatic nitrogens is 2. The summed E-state index contributed by atoms with van der Waals surface area (Å²) in [5.74, 6) is 2.68. The first-order valence-electron chi connectivity index (χ1n) is 9.74. The molecule has 0 amide bonds. The molecular formula is C18H28N6S. The van der Waals surface area contributed by atoms with Crippen LogP contribution in [0.4, 0.5) is 17.6 Å². The second-order valence-corrected chi connectivity index (χ2v) is 7.78. The molecule has 7 heteroatoms. The third-order valence-electron chi connectivity index (χ3n) is 5.47. The van der Waals surface area contributed by atoms with Crippen LogP contribution in [-0.4, -0.2) is 47.3 Å². The molecule has 2 N–H and O–H groups in total. The maximum atomic E-state index is 5.50. The van der Waals surface area contributed by atoms with Gasteiger partial charge in [-0.1, -0.05) is 12.8 Å². The molecule has 3 fully saturated rings. The second-order valence-electron chi connectivity index (χ2n) is 7.38. The van der Waals surface area contributed by atoms with Gasteiger partial charge in [-0.15, -0.1) is 0 Å². The molecule has 1 aliphatic carbocycles. The minimum absolute atomic E-state index is 0.500. The summed E-state index contributed by atoms with van der Waals surface area (Å²) in [6, 6.07) is 2.65. The Morgan fingerprint density at radius 1 is 0.880 bits per heavy atom. The van der Waals surface area contributed by atoms with Gasteiger partial charge in [0, 0.05) is 38.3 Å². The lowest BCUT2D eigenvalue weighted by Crippen LogP contribution is -2.36. The maximum Gasteiger partial charge on any atom is 0.232 e. The van der Waals surface area contributed by atoms with E-state index in [1.54, 1.807) is 0 Å². The van der Waals surface area contributed by atoms with Crippen molar-refractivity contribution >= 4 is 34.9 Å². The largest absolute Gasteiger partial charge is 0.360 e. The first-order chi connectivity index (χ1) is 12.3. The summed E-state index contributed by atoms with van der Waals surface area (Å²) in [4.78, 5) is 14.2. The van der Waals surface area contributed by atoms with Crippen molar-refractivity contribution in [2.45, 2.75) is 57.4 Å². The first-order valence-corrected chi connectivity index (χ1v) is 10.2. The molecule has 0 radical (unpaired) electrons. The average Bonchev–Trinajstić information content (AvgIpc) is 3.37. The SMILES string of the molecule is S=C(Nc1nc(N2CCCC2)cc(N2CCCC2)n1)NC1CCCC1. The summed E-state index contributed by atoms with van der Waals surface area (Å²) in [6.45, 7) is 4.34. The lowest BCUT2D eigenvalue weighted by atomic mass is 10.3. The highest BCUT2D eigenvalue weighted by atomic mass is 32.1. The number of rotatable bonds is 4. The van der Waals surface area contributed by atoms with Crippen LogP contribution in [0, 0.1) is 0 Å². The average molecular weight is 361 g/mol. The van der Waals surface area contributed by atoms with Crippen molar-refractivity contribution in [3.8, 4) is 0 Å². The normalized spacial score (nSPS) is 21.1. The highest BCUT2D eigenvalue weighted by Gasteiger charge is 2.21. The highest BCUT2D eigenvalue weighted by molar-refractivity contribution is 7.80. The zero-order chi connectivity index (χ0) is 17.1. The minimum atomic E-state index is 0.500. The summed E-state index contributed by atoms with van der Waals surface area (Å²) in [7, 11) is 0. The fourth-order valence-electron chi connectivity index (χ4n) is 4.09. The molecule has 2 aliphatic heterocycles. The van der Waals surface area contributed by atoms with Gasteiger partial charge in [-0.3, -0.25) is 0 Å². The summed E-state index contributed by atoms with van der Waals surface area (Å²) in [5.41, 5.74) is 0. The third kappa shape index (κ3) is 4.14. The molecule has 0 atom stereocenters. The van der Waals surface area contributed by atoms with E-state index in [4.69, 9.17) is 22.2 Å². The molecule has 1 saturated carbocycles. The van der Waals surface area contributed by atoms with Crippen LogP contribution in [0.15, 0.2) is 6.07 Å². The van der Waals surface area contributed by atoms with E-state index in [0.717, 1.165) is 37.8 Å². The molecular weight excluding hydrogens is 332 g/mol. The Morgan fingerprint density at radius 3 is 1.92 bits per heavy atom. The Kier molecular flexibility index (Phi) is 5.20. The molecule has 6 nitrogen and oxygen atoms in total. The van der Waals surface area contributed by atoms with E-state index in [-0.39, 0.29) is 0 Å². The van der Waals surface area contributed by atoms with Crippen molar-refractivity contribution in [2.75, 3.05) is 41.3 Å². The molecule has 25 heavy (non-hydrogen) atoms. The standard InChI is InChI=1S/C18H28N6S/c25-18(19-14-7-1-2-8-14)22-17-20-15(23-9-3-4-10-23)13-16(21-17)24-11-5-6-12-24/h13-14H,1-12H2,(H2,19,20,21,22,25). The van der Waals surface area contributed by atoms with Gasteiger partial charge in [-0.2, -0.15) is 9.97 Å². The minimum Gasteiger partial charge on any atom is -0.360 e. The molecule has 2 saturated heterocycles. The monoisotopic (exact) mass is 360 g/mol. The number of thiocarbonyl (C=S) groups is 1. The molecule has 3 heterocycles. The van der Waals surface area contributed by atoms with Gasteiger partial charge in [0.05, 0.1) is 0 Å². The Balaban J connectivity index is 1.51. The van der Waals surface area contributed by atoms with Crippen LogP contribution < -0.4 is 20.4 Å². The topological polar surface area (TPSA) is 56.3 Å². The van der Waals surface area contributed by atoms with E-state index < -0.39 is 0 Å². The fourth-order valence-corrected chi connectivity index (χ4v) is 4.35. The van der Waals surface area contributed by atoms with E-state index in [2.05, 4.69) is 26.5 Å². The highest BCUT2D eigenvalue weighted by Crippen LogP contribution is 2.26.